The lowest BCUT2D eigenvalue weighted by molar-refractivity contribution is 0.218. The standard InChI is InChI=1S/C13H30N2/c1-6-9-13(14-5)11-15(8-3)10-12(4)7-2/h12-14H,6-11H2,1-5H3. The number of hydrogen-bond donors (Lipinski definition) is 1. The summed E-state index contributed by atoms with van der Waals surface area (Å²) in [6, 6.07) is 0.666. The van der Waals surface area contributed by atoms with Gasteiger partial charge in [-0.05, 0) is 25.9 Å². The first-order valence-electron chi connectivity index (χ1n) is 6.57. The number of nitrogens with zero attached hydrogens (tertiary/aromatic N) is 1. The average Bonchev–Trinajstić information content (AvgIpc) is 2.26. The van der Waals surface area contributed by atoms with Crippen LogP contribution >= 0.6 is 0 Å². The molecule has 0 aromatic carbocycles. The van der Waals surface area contributed by atoms with E-state index >= 15 is 0 Å². The maximum Gasteiger partial charge on any atom is 0.0191 e. The highest BCUT2D eigenvalue weighted by Gasteiger charge is 2.12. The highest BCUT2D eigenvalue weighted by molar-refractivity contribution is 4.71. The Morgan fingerprint density at radius 1 is 1.13 bits per heavy atom. The quantitative estimate of drug-likeness (QED) is 0.635. The Hall–Kier alpha value is -0.0800. The molecule has 0 aromatic rings. The Labute approximate surface area is 96.4 Å². The van der Waals surface area contributed by atoms with Crippen molar-refractivity contribution in [2.75, 3.05) is 26.7 Å². The molecule has 0 aliphatic heterocycles. The van der Waals surface area contributed by atoms with E-state index in [4.69, 9.17) is 0 Å². The van der Waals surface area contributed by atoms with E-state index in [1.165, 1.54) is 38.9 Å². The van der Waals surface area contributed by atoms with Crippen molar-refractivity contribution in [1.29, 1.82) is 0 Å². The van der Waals surface area contributed by atoms with Crippen LogP contribution in [0.4, 0.5) is 0 Å². The molecule has 0 fully saturated rings. The molecule has 0 heterocycles. The van der Waals surface area contributed by atoms with E-state index in [-0.39, 0.29) is 0 Å². The molecule has 0 amide bonds. The summed E-state index contributed by atoms with van der Waals surface area (Å²) in [6.45, 7) is 12.8. The fourth-order valence-corrected chi connectivity index (χ4v) is 1.89. The Kier molecular flexibility index (Phi) is 9.12. The molecular weight excluding hydrogens is 184 g/mol. The molecule has 0 saturated heterocycles. The summed E-state index contributed by atoms with van der Waals surface area (Å²) in [5.74, 6) is 0.823. The minimum absolute atomic E-state index is 0.666. The van der Waals surface area contributed by atoms with Crippen LogP contribution in [0.15, 0.2) is 0 Å². The van der Waals surface area contributed by atoms with Crippen molar-refractivity contribution in [1.82, 2.24) is 10.2 Å². The fraction of sp³-hybridized carbons (Fsp3) is 1.00. The molecule has 2 atom stereocenters. The zero-order valence-corrected chi connectivity index (χ0v) is 11.3. The van der Waals surface area contributed by atoms with Crippen LogP contribution in [0.3, 0.4) is 0 Å². The summed E-state index contributed by atoms with van der Waals surface area (Å²) in [7, 11) is 2.08. The summed E-state index contributed by atoms with van der Waals surface area (Å²) in [6.07, 6.45) is 3.84. The van der Waals surface area contributed by atoms with Crippen LogP contribution in [0.1, 0.15) is 47.0 Å². The Balaban J connectivity index is 3.94. The van der Waals surface area contributed by atoms with Crippen molar-refractivity contribution >= 4 is 0 Å². The molecule has 2 nitrogen and oxygen atoms in total. The van der Waals surface area contributed by atoms with Crippen LogP contribution in [0.2, 0.25) is 0 Å². The van der Waals surface area contributed by atoms with Crippen LogP contribution in [-0.2, 0) is 0 Å². The molecular formula is C13H30N2. The van der Waals surface area contributed by atoms with Crippen LogP contribution < -0.4 is 5.32 Å². The van der Waals surface area contributed by atoms with Crippen LogP contribution in [0.5, 0.6) is 0 Å². The maximum absolute atomic E-state index is 3.42. The molecule has 15 heavy (non-hydrogen) atoms. The largest absolute Gasteiger partial charge is 0.316 e. The van der Waals surface area contributed by atoms with E-state index in [0.717, 1.165) is 5.92 Å². The number of rotatable bonds is 9. The van der Waals surface area contributed by atoms with Crippen LogP contribution in [-0.4, -0.2) is 37.6 Å². The van der Waals surface area contributed by atoms with Crippen LogP contribution in [0, 0.1) is 5.92 Å². The van der Waals surface area contributed by atoms with Crippen molar-refractivity contribution in [3.63, 3.8) is 0 Å². The van der Waals surface area contributed by atoms with Crippen molar-refractivity contribution < 1.29 is 0 Å². The van der Waals surface area contributed by atoms with Crippen molar-refractivity contribution in [3.8, 4) is 0 Å². The Bertz CT molecular complexity index is 136. The number of likely N-dealkylation sites (N-methyl/N-ethyl adjacent to an activating group) is 2. The lowest BCUT2D eigenvalue weighted by atomic mass is 10.1. The third-order valence-corrected chi connectivity index (χ3v) is 3.24. The molecule has 0 bridgehead atoms. The molecule has 1 N–H and O–H groups in total. The first-order valence-corrected chi connectivity index (χ1v) is 6.57. The first-order chi connectivity index (χ1) is 7.17. The SMILES string of the molecule is CCCC(CN(CC)CC(C)CC)NC. The topological polar surface area (TPSA) is 15.3 Å². The van der Waals surface area contributed by atoms with Crippen molar-refractivity contribution in [3.05, 3.63) is 0 Å². The van der Waals surface area contributed by atoms with Gasteiger partial charge in [-0.1, -0.05) is 40.5 Å². The summed E-state index contributed by atoms with van der Waals surface area (Å²) in [5, 5.41) is 3.42. The van der Waals surface area contributed by atoms with Gasteiger partial charge in [-0.2, -0.15) is 0 Å². The number of hydrogen-bond acceptors (Lipinski definition) is 2. The molecule has 0 rings (SSSR count). The third kappa shape index (κ3) is 6.91. The smallest absolute Gasteiger partial charge is 0.0191 e. The van der Waals surface area contributed by atoms with E-state index < -0.39 is 0 Å². The minimum Gasteiger partial charge on any atom is -0.316 e. The van der Waals surface area contributed by atoms with Gasteiger partial charge in [0.15, 0.2) is 0 Å². The molecule has 2 unspecified atom stereocenters. The lowest BCUT2D eigenvalue weighted by Gasteiger charge is -2.28. The first kappa shape index (κ1) is 14.9. The minimum atomic E-state index is 0.666. The predicted octanol–water partition coefficient (Wildman–Crippen LogP) is 2.74. The van der Waals surface area contributed by atoms with Crippen molar-refractivity contribution in [2.45, 2.75) is 53.0 Å². The summed E-state index contributed by atoms with van der Waals surface area (Å²) in [4.78, 5) is 2.57. The van der Waals surface area contributed by atoms with Gasteiger partial charge in [0.05, 0.1) is 0 Å². The van der Waals surface area contributed by atoms with Gasteiger partial charge in [-0.15, -0.1) is 0 Å². The second-order valence-corrected chi connectivity index (χ2v) is 4.64. The highest BCUT2D eigenvalue weighted by Crippen LogP contribution is 2.06. The fourth-order valence-electron chi connectivity index (χ4n) is 1.89. The highest BCUT2D eigenvalue weighted by atomic mass is 15.1. The van der Waals surface area contributed by atoms with E-state index in [9.17, 15) is 0 Å². The second kappa shape index (κ2) is 9.17. The lowest BCUT2D eigenvalue weighted by Crippen LogP contribution is -2.41. The molecule has 0 aromatic heterocycles. The summed E-state index contributed by atoms with van der Waals surface area (Å²) >= 11 is 0. The second-order valence-electron chi connectivity index (χ2n) is 4.64. The molecule has 0 aliphatic carbocycles. The predicted molar refractivity (Wildman–Crippen MR) is 69.3 cm³/mol. The molecule has 0 saturated carbocycles. The summed E-state index contributed by atoms with van der Waals surface area (Å²) < 4.78 is 0. The molecule has 2 heteroatoms. The Morgan fingerprint density at radius 3 is 2.20 bits per heavy atom. The molecule has 0 spiro atoms. The molecule has 92 valence electrons. The van der Waals surface area contributed by atoms with Gasteiger partial charge in [0.2, 0.25) is 0 Å². The third-order valence-electron chi connectivity index (χ3n) is 3.24. The van der Waals surface area contributed by atoms with Crippen LogP contribution in [0.25, 0.3) is 0 Å². The number of nitrogens with one attached hydrogen (secondary N) is 1. The molecule has 0 aliphatic rings. The monoisotopic (exact) mass is 214 g/mol. The normalized spacial score (nSPS) is 15.6. The van der Waals surface area contributed by atoms with Gasteiger partial charge in [-0.25, -0.2) is 0 Å². The van der Waals surface area contributed by atoms with E-state index in [1.807, 2.05) is 0 Å². The van der Waals surface area contributed by atoms with E-state index in [0.29, 0.717) is 6.04 Å². The van der Waals surface area contributed by atoms with E-state index in [2.05, 4.69) is 45.0 Å². The van der Waals surface area contributed by atoms with Gasteiger partial charge in [0.25, 0.3) is 0 Å². The maximum atomic E-state index is 3.42. The Morgan fingerprint density at radius 2 is 1.80 bits per heavy atom. The van der Waals surface area contributed by atoms with Gasteiger partial charge < -0.3 is 10.2 Å². The van der Waals surface area contributed by atoms with Gasteiger partial charge in [0.1, 0.15) is 0 Å². The van der Waals surface area contributed by atoms with Gasteiger partial charge >= 0.3 is 0 Å². The zero-order valence-electron chi connectivity index (χ0n) is 11.3. The summed E-state index contributed by atoms with van der Waals surface area (Å²) in [5.41, 5.74) is 0. The average molecular weight is 214 g/mol. The van der Waals surface area contributed by atoms with E-state index in [1.54, 1.807) is 0 Å². The molecule has 0 radical (unpaired) electrons. The van der Waals surface area contributed by atoms with Gasteiger partial charge in [-0.3, -0.25) is 0 Å². The zero-order chi connectivity index (χ0) is 11.7. The van der Waals surface area contributed by atoms with Gasteiger partial charge in [0, 0.05) is 19.1 Å². The van der Waals surface area contributed by atoms with Crippen molar-refractivity contribution in [2.24, 2.45) is 5.92 Å².